The minimum Gasteiger partial charge on any atom is -0.480 e. The first kappa shape index (κ1) is 24.1. The summed E-state index contributed by atoms with van der Waals surface area (Å²) in [5, 5.41) is 9.52. The third kappa shape index (κ3) is 6.47. The fourth-order valence-electron chi connectivity index (χ4n) is 3.46. The van der Waals surface area contributed by atoms with Gasteiger partial charge in [0.05, 0.1) is 5.69 Å². The molecule has 9 heteroatoms. The third-order valence-electron chi connectivity index (χ3n) is 5.07. The SMILES string of the molecule is NC(=O)c1nc2c(s1)CCCC2.NCc1cccc(N(CC(=O)O)C(=O)c2ccccc2)c1. The van der Waals surface area contributed by atoms with E-state index in [1.54, 1.807) is 48.5 Å². The number of nitrogens with two attached hydrogens (primary N) is 2. The van der Waals surface area contributed by atoms with Gasteiger partial charge in [0.25, 0.3) is 11.8 Å². The molecular weight excluding hydrogens is 440 g/mol. The molecule has 8 nitrogen and oxygen atoms in total. The number of carbonyl (C=O) groups excluding carboxylic acids is 2. The number of hydrogen-bond acceptors (Lipinski definition) is 6. The zero-order valence-electron chi connectivity index (χ0n) is 18.1. The summed E-state index contributed by atoms with van der Waals surface area (Å²) in [6.07, 6.45) is 4.49. The van der Waals surface area contributed by atoms with Gasteiger partial charge in [0.15, 0.2) is 5.01 Å². The van der Waals surface area contributed by atoms with Crippen LogP contribution in [0.5, 0.6) is 0 Å². The molecule has 1 heterocycles. The largest absolute Gasteiger partial charge is 0.480 e. The minimum atomic E-state index is -1.07. The number of rotatable bonds is 6. The van der Waals surface area contributed by atoms with Crippen LogP contribution in [0.25, 0.3) is 0 Å². The number of thiazole rings is 1. The second kappa shape index (κ2) is 11.3. The first-order valence-corrected chi connectivity index (χ1v) is 11.4. The maximum absolute atomic E-state index is 12.5. The number of benzene rings is 2. The van der Waals surface area contributed by atoms with Gasteiger partial charge in [-0.2, -0.15) is 0 Å². The van der Waals surface area contributed by atoms with Gasteiger partial charge in [0.2, 0.25) is 0 Å². The molecule has 1 aliphatic carbocycles. The summed E-state index contributed by atoms with van der Waals surface area (Å²) >= 11 is 1.46. The van der Waals surface area contributed by atoms with Crippen molar-refractivity contribution in [2.24, 2.45) is 11.5 Å². The van der Waals surface area contributed by atoms with Gasteiger partial charge < -0.3 is 16.6 Å². The van der Waals surface area contributed by atoms with Crippen LogP contribution in [-0.4, -0.2) is 34.4 Å². The van der Waals surface area contributed by atoms with E-state index in [9.17, 15) is 14.4 Å². The molecule has 0 bridgehead atoms. The molecule has 0 fully saturated rings. The highest BCUT2D eigenvalue weighted by atomic mass is 32.1. The number of hydrogen-bond donors (Lipinski definition) is 3. The molecule has 0 atom stereocenters. The summed E-state index contributed by atoms with van der Waals surface area (Å²) in [6.45, 7) is -0.0734. The lowest BCUT2D eigenvalue weighted by molar-refractivity contribution is -0.135. The number of fused-ring (bicyclic) bond motifs is 1. The van der Waals surface area contributed by atoms with E-state index in [4.69, 9.17) is 16.6 Å². The lowest BCUT2D eigenvalue weighted by Gasteiger charge is -2.21. The summed E-state index contributed by atoms with van der Waals surface area (Å²) in [6, 6.07) is 15.6. The maximum atomic E-state index is 12.5. The number of nitrogens with zero attached hydrogens (tertiary/aromatic N) is 2. The average Bonchev–Trinajstić information content (AvgIpc) is 3.28. The first-order valence-electron chi connectivity index (χ1n) is 10.5. The van der Waals surface area contributed by atoms with E-state index in [1.165, 1.54) is 34.0 Å². The monoisotopic (exact) mass is 466 g/mol. The molecule has 4 rings (SSSR count). The fraction of sp³-hybridized carbons (Fsp3) is 0.250. The van der Waals surface area contributed by atoms with E-state index in [0.29, 0.717) is 22.8 Å². The van der Waals surface area contributed by atoms with Gasteiger partial charge in [-0.05, 0) is 55.5 Å². The molecule has 2 aromatic carbocycles. The van der Waals surface area contributed by atoms with E-state index in [-0.39, 0.29) is 5.91 Å². The number of aryl methyl sites for hydroxylation is 2. The van der Waals surface area contributed by atoms with Crippen molar-refractivity contribution < 1.29 is 19.5 Å². The molecule has 1 aliphatic rings. The number of amides is 2. The summed E-state index contributed by atoms with van der Waals surface area (Å²) in [4.78, 5) is 41.0. The molecule has 0 radical (unpaired) electrons. The summed E-state index contributed by atoms with van der Waals surface area (Å²) in [5.74, 6) is -1.82. The van der Waals surface area contributed by atoms with Crippen molar-refractivity contribution in [1.29, 1.82) is 0 Å². The van der Waals surface area contributed by atoms with Gasteiger partial charge in [0, 0.05) is 22.7 Å². The molecule has 0 spiro atoms. The molecule has 0 saturated heterocycles. The highest BCUT2D eigenvalue weighted by molar-refractivity contribution is 7.13. The van der Waals surface area contributed by atoms with Crippen molar-refractivity contribution in [2.45, 2.75) is 32.2 Å². The van der Waals surface area contributed by atoms with Gasteiger partial charge in [-0.15, -0.1) is 11.3 Å². The molecule has 1 aromatic heterocycles. The number of carboxylic acids is 1. The number of aliphatic carboxylic acids is 1. The van der Waals surface area contributed by atoms with E-state index in [0.717, 1.165) is 24.1 Å². The summed E-state index contributed by atoms with van der Waals surface area (Å²) < 4.78 is 0. The number of aromatic nitrogens is 1. The Hall–Kier alpha value is -3.56. The van der Waals surface area contributed by atoms with Gasteiger partial charge in [-0.1, -0.05) is 30.3 Å². The van der Waals surface area contributed by atoms with Crippen LogP contribution in [-0.2, 0) is 24.2 Å². The lowest BCUT2D eigenvalue weighted by atomic mass is 10.0. The highest BCUT2D eigenvalue weighted by Gasteiger charge is 2.20. The standard InChI is InChI=1S/C16H16N2O3.C8H10N2OS/c17-10-12-5-4-8-14(9-12)18(11-15(19)20)16(21)13-6-2-1-3-7-13;9-7(11)8-10-5-3-1-2-4-6(5)12-8/h1-9H,10-11,17H2,(H,19,20);1-4H2,(H2,9,11). The Kier molecular flexibility index (Phi) is 8.28. The van der Waals surface area contributed by atoms with Crippen molar-refractivity contribution in [2.75, 3.05) is 11.4 Å². The van der Waals surface area contributed by atoms with Gasteiger partial charge in [0.1, 0.15) is 6.54 Å². The number of primary amides is 1. The predicted octanol–water partition coefficient (Wildman–Crippen LogP) is 3.00. The molecule has 172 valence electrons. The average molecular weight is 467 g/mol. The van der Waals surface area contributed by atoms with Crippen molar-refractivity contribution >= 4 is 34.8 Å². The van der Waals surface area contributed by atoms with Crippen molar-refractivity contribution in [3.05, 3.63) is 81.3 Å². The molecular formula is C24H26N4O4S. The van der Waals surface area contributed by atoms with E-state index < -0.39 is 18.4 Å². The molecule has 33 heavy (non-hydrogen) atoms. The Morgan fingerprint density at radius 1 is 1.03 bits per heavy atom. The van der Waals surface area contributed by atoms with E-state index in [2.05, 4.69) is 4.98 Å². The molecule has 2 amide bonds. The van der Waals surface area contributed by atoms with Crippen LogP contribution >= 0.6 is 11.3 Å². The smallest absolute Gasteiger partial charge is 0.323 e. The van der Waals surface area contributed by atoms with Crippen LogP contribution in [0.4, 0.5) is 5.69 Å². The van der Waals surface area contributed by atoms with Gasteiger partial charge in [-0.3, -0.25) is 19.3 Å². The van der Waals surface area contributed by atoms with Crippen LogP contribution in [0.2, 0.25) is 0 Å². The zero-order chi connectivity index (χ0) is 23.8. The first-order chi connectivity index (χ1) is 15.9. The normalized spacial score (nSPS) is 12.2. The number of carboxylic acid groups (broad SMARTS) is 1. The minimum absolute atomic E-state index is 0.328. The molecule has 5 N–H and O–H groups in total. The predicted molar refractivity (Wildman–Crippen MR) is 127 cm³/mol. The Bertz CT molecular complexity index is 1110. The summed E-state index contributed by atoms with van der Waals surface area (Å²) in [5.41, 5.74) is 13.6. The maximum Gasteiger partial charge on any atom is 0.323 e. The Morgan fingerprint density at radius 2 is 1.76 bits per heavy atom. The third-order valence-corrected chi connectivity index (χ3v) is 6.25. The lowest BCUT2D eigenvalue weighted by Crippen LogP contribution is -2.35. The Labute approximate surface area is 195 Å². The number of anilines is 1. The van der Waals surface area contributed by atoms with Crippen LogP contribution in [0.15, 0.2) is 54.6 Å². The summed E-state index contributed by atoms with van der Waals surface area (Å²) in [7, 11) is 0. The van der Waals surface area contributed by atoms with E-state index >= 15 is 0 Å². The highest BCUT2D eigenvalue weighted by Crippen LogP contribution is 2.26. The zero-order valence-corrected chi connectivity index (χ0v) is 18.9. The van der Waals surface area contributed by atoms with Crippen LogP contribution < -0.4 is 16.4 Å². The van der Waals surface area contributed by atoms with Crippen LogP contribution in [0.3, 0.4) is 0 Å². The van der Waals surface area contributed by atoms with Crippen molar-refractivity contribution in [3.8, 4) is 0 Å². The second-order valence-electron chi connectivity index (χ2n) is 7.49. The Morgan fingerprint density at radius 3 is 2.39 bits per heavy atom. The molecule has 0 saturated carbocycles. The quantitative estimate of drug-likeness (QED) is 0.510. The molecule has 3 aromatic rings. The second-order valence-corrected chi connectivity index (χ2v) is 8.57. The van der Waals surface area contributed by atoms with E-state index in [1.807, 2.05) is 6.07 Å². The molecule has 0 unspecified atom stereocenters. The van der Waals surface area contributed by atoms with Crippen LogP contribution in [0.1, 0.15) is 49.1 Å². The number of carbonyl (C=O) groups is 3. The van der Waals surface area contributed by atoms with Crippen molar-refractivity contribution in [1.82, 2.24) is 4.98 Å². The Balaban J connectivity index is 0.000000215. The van der Waals surface area contributed by atoms with Crippen molar-refractivity contribution in [3.63, 3.8) is 0 Å². The van der Waals surface area contributed by atoms with Crippen LogP contribution in [0, 0.1) is 0 Å². The van der Waals surface area contributed by atoms with Gasteiger partial charge >= 0.3 is 5.97 Å². The van der Waals surface area contributed by atoms with Gasteiger partial charge in [-0.25, -0.2) is 4.98 Å². The topological polar surface area (TPSA) is 140 Å². The molecule has 0 aliphatic heterocycles. The fourth-order valence-corrected chi connectivity index (χ4v) is 4.46.